The van der Waals surface area contributed by atoms with Crippen LogP contribution in [0.15, 0.2) is 41.3 Å². The topological polar surface area (TPSA) is 97.5 Å². The fourth-order valence-corrected chi connectivity index (χ4v) is 3.84. The molecule has 0 bridgehead atoms. The average Bonchev–Trinajstić information content (AvgIpc) is 3.47. The molecule has 0 saturated carbocycles. The van der Waals surface area contributed by atoms with Crippen LogP contribution in [0, 0.1) is 0 Å². The fourth-order valence-electron chi connectivity index (χ4n) is 3.84. The smallest absolute Gasteiger partial charge is 0.254 e. The molecular weight excluding hydrogens is 396 g/mol. The number of carbonyl (C=O) groups is 1. The van der Waals surface area contributed by atoms with Crippen LogP contribution in [-0.2, 0) is 11.2 Å². The molecule has 0 unspecified atom stereocenters. The van der Waals surface area contributed by atoms with Gasteiger partial charge in [0.2, 0.25) is 11.9 Å². The highest BCUT2D eigenvalue weighted by atomic mass is 16.5. The summed E-state index contributed by atoms with van der Waals surface area (Å²) in [6, 6.07) is 5.50. The van der Waals surface area contributed by atoms with Crippen molar-refractivity contribution in [2.75, 3.05) is 32.6 Å². The van der Waals surface area contributed by atoms with Gasteiger partial charge in [-0.3, -0.25) is 9.78 Å². The van der Waals surface area contributed by atoms with Crippen LogP contribution in [0.2, 0.25) is 0 Å². The molecule has 9 heteroatoms. The van der Waals surface area contributed by atoms with Gasteiger partial charge in [0.1, 0.15) is 5.76 Å². The third-order valence-electron chi connectivity index (χ3n) is 5.42. The maximum Gasteiger partial charge on any atom is 0.254 e. The zero-order chi connectivity index (χ0) is 21.8. The van der Waals surface area contributed by atoms with Gasteiger partial charge in [0, 0.05) is 63.7 Å². The largest absolute Gasteiger partial charge is 0.479 e. The minimum absolute atomic E-state index is 0.0727. The summed E-state index contributed by atoms with van der Waals surface area (Å²) in [6.07, 6.45) is 7.96. The molecule has 9 nitrogen and oxygen atoms in total. The molecule has 0 radical (unpaired) electrons. The summed E-state index contributed by atoms with van der Waals surface area (Å²) in [5, 5.41) is 3.80. The molecule has 0 spiro atoms. The fraction of sp³-hybridized carbons (Fsp3) is 0.409. The van der Waals surface area contributed by atoms with Crippen LogP contribution in [0.1, 0.15) is 36.8 Å². The van der Waals surface area contributed by atoms with E-state index in [4.69, 9.17) is 14.2 Å². The molecule has 0 aliphatic carbocycles. The highest BCUT2D eigenvalue weighted by Crippen LogP contribution is 2.37. The molecule has 3 aromatic rings. The SMILES string of the molecule is COc1cc(CCC(=O)N2CCC[C@H]2c2nc(N(C)C)ncc2-c2ccncc2)on1. The highest BCUT2D eigenvalue weighted by molar-refractivity contribution is 5.78. The van der Waals surface area contributed by atoms with Gasteiger partial charge in [-0.15, -0.1) is 0 Å². The molecule has 1 saturated heterocycles. The van der Waals surface area contributed by atoms with Crippen LogP contribution >= 0.6 is 0 Å². The first-order valence-corrected chi connectivity index (χ1v) is 10.3. The number of anilines is 1. The van der Waals surface area contributed by atoms with E-state index < -0.39 is 0 Å². The monoisotopic (exact) mass is 422 g/mol. The van der Waals surface area contributed by atoms with Crippen molar-refractivity contribution in [3.05, 3.63) is 48.2 Å². The molecule has 1 aliphatic rings. The Bertz CT molecular complexity index is 1040. The van der Waals surface area contributed by atoms with E-state index in [1.165, 1.54) is 7.11 Å². The number of hydrogen-bond donors (Lipinski definition) is 0. The predicted octanol–water partition coefficient (Wildman–Crippen LogP) is 2.90. The lowest BCUT2D eigenvalue weighted by atomic mass is 10.0. The van der Waals surface area contributed by atoms with Crippen molar-refractivity contribution >= 4 is 11.9 Å². The molecule has 0 aromatic carbocycles. The van der Waals surface area contributed by atoms with E-state index in [9.17, 15) is 4.79 Å². The first-order valence-electron chi connectivity index (χ1n) is 10.3. The van der Waals surface area contributed by atoms with E-state index in [0.717, 1.165) is 29.7 Å². The second-order valence-corrected chi connectivity index (χ2v) is 7.68. The summed E-state index contributed by atoms with van der Waals surface area (Å²) in [5.74, 6) is 1.75. The lowest BCUT2D eigenvalue weighted by Crippen LogP contribution is -2.31. The Morgan fingerprint density at radius 2 is 2.13 bits per heavy atom. The van der Waals surface area contributed by atoms with Gasteiger partial charge in [0.15, 0.2) is 0 Å². The van der Waals surface area contributed by atoms with Gasteiger partial charge in [-0.05, 0) is 35.7 Å². The molecule has 31 heavy (non-hydrogen) atoms. The maximum atomic E-state index is 13.1. The standard InChI is InChI=1S/C22H26N6O3/c1-27(2)22-24-14-17(15-8-10-23-11-9-15)21(25-22)18-5-4-12-28(18)20(29)7-6-16-13-19(30-3)26-31-16/h8-11,13-14,18H,4-7,12H2,1-3H3/t18-/m0/s1. The number of aryl methyl sites for hydroxylation is 1. The van der Waals surface area contributed by atoms with Gasteiger partial charge in [0.05, 0.1) is 18.8 Å². The van der Waals surface area contributed by atoms with Gasteiger partial charge < -0.3 is 19.1 Å². The minimum atomic E-state index is -0.0957. The first kappa shape index (κ1) is 20.8. The molecular formula is C22H26N6O3. The van der Waals surface area contributed by atoms with E-state index in [1.807, 2.05) is 42.2 Å². The number of carbonyl (C=O) groups excluding carboxylic acids is 1. The van der Waals surface area contributed by atoms with Crippen molar-refractivity contribution in [3.8, 4) is 17.0 Å². The summed E-state index contributed by atoms with van der Waals surface area (Å²) in [5.41, 5.74) is 2.79. The molecule has 0 N–H and O–H groups in total. The number of pyridine rings is 1. The molecule has 1 amide bonds. The minimum Gasteiger partial charge on any atom is -0.479 e. The highest BCUT2D eigenvalue weighted by Gasteiger charge is 2.33. The Kier molecular flexibility index (Phi) is 6.11. The Labute approximate surface area is 181 Å². The summed E-state index contributed by atoms with van der Waals surface area (Å²) in [4.78, 5) is 30.4. The van der Waals surface area contributed by atoms with Crippen molar-refractivity contribution in [2.45, 2.75) is 31.7 Å². The number of ether oxygens (including phenoxy) is 1. The quantitative estimate of drug-likeness (QED) is 0.573. The van der Waals surface area contributed by atoms with E-state index in [2.05, 4.69) is 15.1 Å². The van der Waals surface area contributed by atoms with Crippen molar-refractivity contribution < 1.29 is 14.1 Å². The van der Waals surface area contributed by atoms with Crippen molar-refractivity contribution in [1.82, 2.24) is 25.0 Å². The van der Waals surface area contributed by atoms with Crippen LogP contribution in [0.3, 0.4) is 0 Å². The molecule has 4 rings (SSSR count). The summed E-state index contributed by atoms with van der Waals surface area (Å²) < 4.78 is 10.3. The zero-order valence-corrected chi connectivity index (χ0v) is 18.0. The van der Waals surface area contributed by atoms with E-state index in [0.29, 0.717) is 37.0 Å². The molecule has 4 heterocycles. The second kappa shape index (κ2) is 9.11. The van der Waals surface area contributed by atoms with Crippen LogP contribution in [0.5, 0.6) is 5.88 Å². The second-order valence-electron chi connectivity index (χ2n) is 7.68. The van der Waals surface area contributed by atoms with Crippen LogP contribution in [-0.4, -0.2) is 58.7 Å². The normalized spacial score (nSPS) is 15.8. The number of aromatic nitrogens is 4. The molecule has 1 aliphatic heterocycles. The maximum absolute atomic E-state index is 13.1. The van der Waals surface area contributed by atoms with Gasteiger partial charge in [-0.25, -0.2) is 9.97 Å². The van der Waals surface area contributed by atoms with Gasteiger partial charge in [0.25, 0.3) is 5.88 Å². The predicted molar refractivity (Wildman–Crippen MR) is 115 cm³/mol. The van der Waals surface area contributed by atoms with Crippen LogP contribution < -0.4 is 9.64 Å². The third kappa shape index (κ3) is 4.50. The van der Waals surface area contributed by atoms with Gasteiger partial charge in [-0.1, -0.05) is 0 Å². The number of amides is 1. The molecule has 1 atom stereocenters. The van der Waals surface area contributed by atoms with Crippen LogP contribution in [0.25, 0.3) is 11.1 Å². The van der Waals surface area contributed by atoms with Gasteiger partial charge >= 0.3 is 0 Å². The summed E-state index contributed by atoms with van der Waals surface area (Å²) in [7, 11) is 5.36. The van der Waals surface area contributed by atoms with E-state index >= 15 is 0 Å². The Morgan fingerprint density at radius 1 is 1.32 bits per heavy atom. The number of nitrogens with zero attached hydrogens (tertiary/aromatic N) is 6. The third-order valence-corrected chi connectivity index (χ3v) is 5.42. The summed E-state index contributed by atoms with van der Waals surface area (Å²) >= 11 is 0. The number of hydrogen-bond acceptors (Lipinski definition) is 8. The summed E-state index contributed by atoms with van der Waals surface area (Å²) in [6.45, 7) is 0.709. The molecule has 3 aromatic heterocycles. The molecule has 1 fully saturated rings. The first-order chi connectivity index (χ1) is 15.1. The lowest BCUT2D eigenvalue weighted by Gasteiger charge is -2.27. The average molecular weight is 422 g/mol. The number of rotatable bonds is 7. The zero-order valence-electron chi connectivity index (χ0n) is 18.0. The van der Waals surface area contributed by atoms with E-state index in [1.54, 1.807) is 18.5 Å². The Hall–Kier alpha value is -3.49. The Balaban J connectivity index is 1.59. The number of likely N-dealkylation sites (tertiary alicyclic amines) is 1. The van der Waals surface area contributed by atoms with Crippen molar-refractivity contribution in [2.24, 2.45) is 0 Å². The molecule has 162 valence electrons. The van der Waals surface area contributed by atoms with Crippen LogP contribution in [0.4, 0.5) is 5.95 Å². The lowest BCUT2D eigenvalue weighted by molar-refractivity contribution is -0.132. The number of methoxy groups -OCH3 is 1. The Morgan fingerprint density at radius 3 is 2.84 bits per heavy atom. The van der Waals surface area contributed by atoms with Crippen molar-refractivity contribution in [3.63, 3.8) is 0 Å². The van der Waals surface area contributed by atoms with Crippen molar-refractivity contribution in [1.29, 1.82) is 0 Å². The van der Waals surface area contributed by atoms with Gasteiger partial charge in [-0.2, -0.15) is 0 Å². The van der Waals surface area contributed by atoms with E-state index in [-0.39, 0.29) is 11.9 Å².